The minimum absolute atomic E-state index is 0.0134. The molecule has 0 saturated carbocycles. The van der Waals surface area contributed by atoms with E-state index in [2.05, 4.69) is 43.1 Å². The summed E-state index contributed by atoms with van der Waals surface area (Å²) in [6, 6.07) is 8.39. The van der Waals surface area contributed by atoms with Crippen LogP contribution in [-0.2, 0) is 11.2 Å². The fourth-order valence-electron chi connectivity index (χ4n) is 2.70. The van der Waals surface area contributed by atoms with Gasteiger partial charge in [-0.2, -0.15) is 0 Å². The van der Waals surface area contributed by atoms with Crippen LogP contribution in [0.25, 0.3) is 10.6 Å². The Morgan fingerprint density at radius 1 is 1.35 bits per heavy atom. The molecule has 4 nitrogen and oxygen atoms in total. The lowest BCUT2D eigenvalue weighted by Gasteiger charge is -2.32. The Morgan fingerprint density at radius 3 is 2.83 bits per heavy atom. The summed E-state index contributed by atoms with van der Waals surface area (Å²) >= 11 is 1.53. The molecule has 0 unspecified atom stereocenters. The molecular weight excluding hydrogens is 308 g/mol. The first kappa shape index (κ1) is 16.1. The van der Waals surface area contributed by atoms with Crippen molar-refractivity contribution in [2.45, 2.75) is 32.8 Å². The highest BCUT2D eigenvalue weighted by atomic mass is 32.1. The Hall–Kier alpha value is -1.72. The van der Waals surface area contributed by atoms with Gasteiger partial charge in [-0.15, -0.1) is 11.3 Å². The smallest absolute Gasteiger partial charge is 0.273 e. The van der Waals surface area contributed by atoms with E-state index in [9.17, 15) is 4.79 Å². The van der Waals surface area contributed by atoms with Crippen LogP contribution in [0, 0.1) is 0 Å². The topological polar surface area (TPSA) is 42.4 Å². The molecule has 0 spiro atoms. The van der Waals surface area contributed by atoms with Crippen LogP contribution in [0.3, 0.4) is 0 Å². The molecule has 2 aromatic rings. The normalized spacial score (nSPS) is 18.2. The average Bonchev–Trinajstić information content (AvgIpc) is 3.11. The summed E-state index contributed by atoms with van der Waals surface area (Å²) in [5.74, 6) is 0.0134. The van der Waals surface area contributed by atoms with Crippen LogP contribution < -0.4 is 0 Å². The third-order valence-corrected chi connectivity index (χ3v) is 5.11. The third-order valence-electron chi connectivity index (χ3n) is 4.21. The van der Waals surface area contributed by atoms with Gasteiger partial charge in [-0.1, -0.05) is 38.1 Å². The predicted octanol–water partition coefficient (Wildman–Crippen LogP) is 3.62. The number of thiazole rings is 1. The number of ether oxygens (including phenoxy) is 1. The van der Waals surface area contributed by atoms with Gasteiger partial charge in [-0.25, -0.2) is 4.98 Å². The number of carbonyl (C=O) groups excluding carboxylic acids is 1. The Labute approximate surface area is 141 Å². The zero-order valence-electron chi connectivity index (χ0n) is 13.6. The zero-order valence-corrected chi connectivity index (χ0v) is 14.4. The van der Waals surface area contributed by atoms with Gasteiger partial charge in [-0.05, 0) is 18.4 Å². The van der Waals surface area contributed by atoms with Gasteiger partial charge in [-0.3, -0.25) is 4.79 Å². The lowest BCUT2D eigenvalue weighted by atomic mass is 10.1. The number of benzene rings is 1. The Kier molecular flexibility index (Phi) is 5.08. The van der Waals surface area contributed by atoms with Crippen LogP contribution in [0.2, 0.25) is 0 Å². The van der Waals surface area contributed by atoms with E-state index in [-0.39, 0.29) is 12.0 Å². The molecule has 1 aliphatic heterocycles. The van der Waals surface area contributed by atoms with Crippen LogP contribution in [0.4, 0.5) is 0 Å². The molecule has 3 rings (SSSR count). The molecule has 0 N–H and O–H groups in total. The molecule has 0 bridgehead atoms. The van der Waals surface area contributed by atoms with Crippen molar-refractivity contribution >= 4 is 17.2 Å². The molecule has 1 aromatic carbocycles. The van der Waals surface area contributed by atoms with Crippen LogP contribution in [0.1, 0.15) is 36.3 Å². The van der Waals surface area contributed by atoms with Crippen molar-refractivity contribution in [1.29, 1.82) is 0 Å². The average molecular weight is 330 g/mol. The summed E-state index contributed by atoms with van der Waals surface area (Å²) in [6.45, 7) is 6.14. The molecule has 1 saturated heterocycles. The Balaban J connectivity index is 1.74. The number of rotatable bonds is 4. The van der Waals surface area contributed by atoms with Gasteiger partial charge in [0.05, 0.1) is 12.7 Å². The molecule has 23 heavy (non-hydrogen) atoms. The fourth-order valence-corrected chi connectivity index (χ4v) is 3.50. The maximum Gasteiger partial charge on any atom is 0.273 e. The van der Waals surface area contributed by atoms with Gasteiger partial charge in [0.2, 0.25) is 0 Å². The molecule has 0 radical (unpaired) electrons. The van der Waals surface area contributed by atoms with Gasteiger partial charge in [0.15, 0.2) is 0 Å². The highest BCUT2D eigenvalue weighted by Gasteiger charge is 2.25. The third kappa shape index (κ3) is 3.62. The van der Waals surface area contributed by atoms with Crippen molar-refractivity contribution in [3.8, 4) is 10.6 Å². The van der Waals surface area contributed by atoms with Gasteiger partial charge < -0.3 is 9.64 Å². The number of morpholine rings is 1. The van der Waals surface area contributed by atoms with E-state index < -0.39 is 0 Å². The number of aryl methyl sites for hydroxylation is 1. The van der Waals surface area contributed by atoms with Crippen LogP contribution in [0.15, 0.2) is 29.6 Å². The molecule has 1 atom stereocenters. The van der Waals surface area contributed by atoms with E-state index in [1.165, 1.54) is 16.9 Å². The van der Waals surface area contributed by atoms with Gasteiger partial charge >= 0.3 is 0 Å². The Morgan fingerprint density at radius 2 is 2.13 bits per heavy atom. The largest absolute Gasteiger partial charge is 0.375 e. The van der Waals surface area contributed by atoms with Crippen molar-refractivity contribution < 1.29 is 9.53 Å². The Bertz CT molecular complexity index is 666. The first-order valence-corrected chi connectivity index (χ1v) is 9.05. The first-order chi connectivity index (χ1) is 11.2. The van der Waals surface area contributed by atoms with Crippen LogP contribution >= 0.6 is 11.3 Å². The molecule has 1 fully saturated rings. The minimum atomic E-state index is 0.0134. The summed E-state index contributed by atoms with van der Waals surface area (Å²) < 4.78 is 5.63. The lowest BCUT2D eigenvalue weighted by molar-refractivity contribution is -0.0227. The maximum absolute atomic E-state index is 12.6. The summed E-state index contributed by atoms with van der Waals surface area (Å²) in [5, 5.41) is 2.76. The SMILES string of the molecule is CCc1ccc(-c2nc(C(=O)N3CCO[C@H](CC)C3)cs2)cc1. The molecule has 122 valence electrons. The first-order valence-electron chi connectivity index (χ1n) is 8.17. The molecule has 1 aliphatic rings. The second kappa shape index (κ2) is 7.23. The lowest BCUT2D eigenvalue weighted by Crippen LogP contribution is -2.45. The standard InChI is InChI=1S/C18H22N2O2S/c1-3-13-5-7-14(8-6-13)17-19-16(12-23-17)18(21)20-9-10-22-15(4-2)11-20/h5-8,12,15H,3-4,9-11H2,1-2H3/t15-/m1/s1. The van der Waals surface area contributed by atoms with E-state index >= 15 is 0 Å². The second-order valence-electron chi connectivity index (χ2n) is 5.74. The van der Waals surface area contributed by atoms with E-state index in [0.717, 1.165) is 23.4 Å². The van der Waals surface area contributed by atoms with E-state index in [4.69, 9.17) is 4.74 Å². The predicted molar refractivity (Wildman–Crippen MR) is 92.9 cm³/mol. The van der Waals surface area contributed by atoms with E-state index in [0.29, 0.717) is 25.4 Å². The van der Waals surface area contributed by atoms with Crippen LogP contribution in [-0.4, -0.2) is 41.6 Å². The number of amides is 1. The highest BCUT2D eigenvalue weighted by Crippen LogP contribution is 2.25. The van der Waals surface area contributed by atoms with Crippen molar-refractivity contribution in [2.24, 2.45) is 0 Å². The van der Waals surface area contributed by atoms with Gasteiger partial charge in [0.25, 0.3) is 5.91 Å². The quantitative estimate of drug-likeness (QED) is 0.860. The number of aromatic nitrogens is 1. The number of carbonyl (C=O) groups is 1. The van der Waals surface area contributed by atoms with E-state index in [1.54, 1.807) is 0 Å². The number of nitrogens with zero attached hydrogens (tertiary/aromatic N) is 2. The number of hydrogen-bond donors (Lipinski definition) is 0. The maximum atomic E-state index is 12.6. The summed E-state index contributed by atoms with van der Waals surface area (Å²) in [4.78, 5) is 19.0. The minimum Gasteiger partial charge on any atom is -0.375 e. The monoisotopic (exact) mass is 330 g/mol. The molecule has 0 aliphatic carbocycles. The van der Waals surface area contributed by atoms with E-state index in [1.807, 2.05) is 10.3 Å². The van der Waals surface area contributed by atoms with Gasteiger partial charge in [0.1, 0.15) is 10.7 Å². The fraction of sp³-hybridized carbons (Fsp3) is 0.444. The highest BCUT2D eigenvalue weighted by molar-refractivity contribution is 7.13. The molecule has 5 heteroatoms. The summed E-state index contributed by atoms with van der Waals surface area (Å²) in [7, 11) is 0. The van der Waals surface area contributed by atoms with Crippen molar-refractivity contribution in [3.05, 3.63) is 40.9 Å². The molecule has 2 heterocycles. The molecule has 1 aromatic heterocycles. The van der Waals surface area contributed by atoms with Gasteiger partial charge in [0, 0.05) is 24.0 Å². The second-order valence-corrected chi connectivity index (χ2v) is 6.60. The summed E-state index contributed by atoms with van der Waals surface area (Å²) in [5.41, 5.74) is 2.92. The number of hydrogen-bond acceptors (Lipinski definition) is 4. The van der Waals surface area contributed by atoms with Crippen LogP contribution in [0.5, 0.6) is 0 Å². The van der Waals surface area contributed by atoms with Crippen molar-refractivity contribution in [2.75, 3.05) is 19.7 Å². The molecule has 1 amide bonds. The van der Waals surface area contributed by atoms with Crippen molar-refractivity contribution in [1.82, 2.24) is 9.88 Å². The summed E-state index contributed by atoms with van der Waals surface area (Å²) in [6.07, 6.45) is 2.10. The zero-order chi connectivity index (χ0) is 16.2. The molecular formula is C18H22N2O2S. The van der Waals surface area contributed by atoms with Crippen molar-refractivity contribution in [3.63, 3.8) is 0 Å².